The van der Waals surface area contributed by atoms with E-state index in [2.05, 4.69) is 11.4 Å². The molecule has 0 aliphatic carbocycles. The minimum atomic E-state index is -0.904. The number of hydrogen-bond donors (Lipinski definition) is 2. The van der Waals surface area contributed by atoms with Gasteiger partial charge in [-0.15, -0.1) is 0 Å². The van der Waals surface area contributed by atoms with Crippen molar-refractivity contribution in [1.29, 1.82) is 5.26 Å². The molecule has 120 valence electrons. The van der Waals surface area contributed by atoms with Crippen LogP contribution in [0.2, 0.25) is 0 Å². The van der Waals surface area contributed by atoms with Gasteiger partial charge in [0.1, 0.15) is 0 Å². The summed E-state index contributed by atoms with van der Waals surface area (Å²) in [5, 5.41) is 20.7. The Morgan fingerprint density at radius 1 is 1.38 bits per heavy atom. The number of urea groups is 1. The van der Waals surface area contributed by atoms with Gasteiger partial charge in [0, 0.05) is 19.6 Å². The highest BCUT2D eigenvalue weighted by Gasteiger charge is 2.25. The summed E-state index contributed by atoms with van der Waals surface area (Å²) >= 11 is 0. The van der Waals surface area contributed by atoms with Crippen molar-refractivity contribution in [3.05, 3.63) is 0 Å². The van der Waals surface area contributed by atoms with Gasteiger partial charge in [0.2, 0.25) is 0 Å². The molecule has 0 aromatic carbocycles. The average molecular weight is 297 g/mol. The van der Waals surface area contributed by atoms with E-state index >= 15 is 0 Å². The third-order valence-electron chi connectivity index (χ3n) is 3.09. The maximum Gasteiger partial charge on any atom is 0.317 e. The van der Waals surface area contributed by atoms with Crippen LogP contribution in [0.4, 0.5) is 4.79 Å². The molecule has 0 aliphatic heterocycles. The number of nitriles is 1. The van der Waals surface area contributed by atoms with Crippen LogP contribution in [0.25, 0.3) is 0 Å². The van der Waals surface area contributed by atoms with Crippen molar-refractivity contribution < 1.29 is 14.7 Å². The zero-order valence-electron chi connectivity index (χ0n) is 13.6. The minimum absolute atomic E-state index is 0.100. The topological polar surface area (TPSA) is 93.4 Å². The van der Waals surface area contributed by atoms with Gasteiger partial charge in [-0.25, -0.2) is 4.79 Å². The minimum Gasteiger partial charge on any atom is -0.481 e. The molecule has 0 bridgehead atoms. The Kier molecular flexibility index (Phi) is 7.79. The lowest BCUT2D eigenvalue weighted by Gasteiger charge is -2.26. The van der Waals surface area contributed by atoms with E-state index in [-0.39, 0.29) is 23.9 Å². The number of carbonyl (C=O) groups excluding carboxylic acids is 1. The van der Waals surface area contributed by atoms with Gasteiger partial charge in [-0.1, -0.05) is 20.8 Å². The molecule has 0 rings (SSSR count). The van der Waals surface area contributed by atoms with Crippen molar-refractivity contribution in [1.82, 2.24) is 10.2 Å². The summed E-state index contributed by atoms with van der Waals surface area (Å²) in [5.74, 6) is -1.76. The van der Waals surface area contributed by atoms with Crippen molar-refractivity contribution in [3.8, 4) is 6.07 Å². The molecule has 0 heterocycles. The molecule has 0 fully saturated rings. The summed E-state index contributed by atoms with van der Waals surface area (Å²) in [6.45, 7) is 10.4. The standard InChI is InChI=1S/C15H27N3O3/c1-6-18(10-11(2)8-16)14(21)17-9-12(13(19)20)7-15(3,4)5/h11-12H,6-7,9-10H2,1-5H3,(H,17,21)(H,19,20). The van der Waals surface area contributed by atoms with Gasteiger partial charge < -0.3 is 15.3 Å². The van der Waals surface area contributed by atoms with Gasteiger partial charge in [0.25, 0.3) is 0 Å². The zero-order chi connectivity index (χ0) is 16.6. The maximum absolute atomic E-state index is 12.0. The number of carboxylic acid groups (broad SMARTS) is 1. The van der Waals surface area contributed by atoms with E-state index in [1.54, 1.807) is 6.92 Å². The van der Waals surface area contributed by atoms with E-state index in [9.17, 15) is 14.7 Å². The Morgan fingerprint density at radius 3 is 2.33 bits per heavy atom. The lowest BCUT2D eigenvalue weighted by Crippen LogP contribution is -2.44. The number of nitrogens with zero attached hydrogens (tertiary/aromatic N) is 2. The fourth-order valence-electron chi connectivity index (χ4n) is 2.04. The van der Waals surface area contributed by atoms with Crippen molar-refractivity contribution in [2.75, 3.05) is 19.6 Å². The van der Waals surface area contributed by atoms with Crippen LogP contribution < -0.4 is 5.32 Å². The van der Waals surface area contributed by atoms with Gasteiger partial charge in [0.15, 0.2) is 0 Å². The molecule has 2 atom stereocenters. The van der Waals surface area contributed by atoms with E-state index in [1.807, 2.05) is 27.7 Å². The summed E-state index contributed by atoms with van der Waals surface area (Å²) in [6.07, 6.45) is 0.489. The number of carbonyl (C=O) groups is 2. The second-order valence-corrected chi connectivity index (χ2v) is 6.55. The molecule has 6 heteroatoms. The molecule has 2 unspecified atom stereocenters. The summed E-state index contributed by atoms with van der Waals surface area (Å²) in [5.41, 5.74) is -0.118. The third kappa shape index (κ3) is 8.18. The van der Waals surface area contributed by atoms with Crippen LogP contribution in [0.5, 0.6) is 0 Å². The van der Waals surface area contributed by atoms with Crippen molar-refractivity contribution in [2.24, 2.45) is 17.3 Å². The van der Waals surface area contributed by atoms with Crippen LogP contribution in [0.1, 0.15) is 41.0 Å². The fraction of sp³-hybridized carbons (Fsp3) is 0.800. The smallest absolute Gasteiger partial charge is 0.317 e. The number of aliphatic carboxylic acids is 1. The van der Waals surface area contributed by atoms with Crippen molar-refractivity contribution in [3.63, 3.8) is 0 Å². The SMILES string of the molecule is CCN(CC(C)C#N)C(=O)NCC(CC(C)(C)C)C(=O)O. The summed E-state index contributed by atoms with van der Waals surface area (Å²) in [7, 11) is 0. The van der Waals surface area contributed by atoms with Gasteiger partial charge in [-0.2, -0.15) is 5.26 Å². The number of carboxylic acids is 1. The highest BCUT2D eigenvalue weighted by atomic mass is 16.4. The quantitative estimate of drug-likeness (QED) is 0.754. The first kappa shape index (κ1) is 19.2. The summed E-state index contributed by atoms with van der Waals surface area (Å²) < 4.78 is 0. The molecular formula is C15H27N3O3. The van der Waals surface area contributed by atoms with E-state index < -0.39 is 11.9 Å². The molecule has 2 N–H and O–H groups in total. The zero-order valence-corrected chi connectivity index (χ0v) is 13.6. The molecule has 21 heavy (non-hydrogen) atoms. The molecule has 0 aromatic rings. The summed E-state index contributed by atoms with van der Waals surface area (Å²) in [4.78, 5) is 24.8. The molecule has 0 spiro atoms. The van der Waals surface area contributed by atoms with Crippen LogP contribution in [0, 0.1) is 28.6 Å². The highest BCUT2D eigenvalue weighted by Crippen LogP contribution is 2.24. The second-order valence-electron chi connectivity index (χ2n) is 6.55. The lowest BCUT2D eigenvalue weighted by molar-refractivity contribution is -0.142. The Bertz CT molecular complexity index is 396. The van der Waals surface area contributed by atoms with Gasteiger partial charge in [-0.05, 0) is 25.7 Å². The molecule has 0 aliphatic rings. The number of rotatable bonds is 7. The predicted octanol–water partition coefficient (Wildman–Crippen LogP) is 2.31. The molecule has 0 radical (unpaired) electrons. The number of amides is 2. The predicted molar refractivity (Wildman–Crippen MR) is 80.6 cm³/mol. The Labute approximate surface area is 127 Å². The summed E-state index contributed by atoms with van der Waals surface area (Å²) in [6, 6.07) is 1.76. The average Bonchev–Trinajstić information content (AvgIpc) is 2.38. The van der Waals surface area contributed by atoms with Crippen molar-refractivity contribution >= 4 is 12.0 Å². The maximum atomic E-state index is 12.0. The molecule has 0 aromatic heterocycles. The van der Waals surface area contributed by atoms with Gasteiger partial charge in [0.05, 0.1) is 17.9 Å². The van der Waals surface area contributed by atoms with Crippen LogP contribution in [-0.4, -0.2) is 41.6 Å². The van der Waals surface area contributed by atoms with Gasteiger partial charge in [-0.3, -0.25) is 4.79 Å². The molecule has 6 nitrogen and oxygen atoms in total. The van der Waals surface area contributed by atoms with Crippen LogP contribution in [0.15, 0.2) is 0 Å². The van der Waals surface area contributed by atoms with E-state index in [1.165, 1.54) is 4.90 Å². The first-order valence-corrected chi connectivity index (χ1v) is 7.26. The molecule has 0 saturated carbocycles. The Morgan fingerprint density at radius 2 is 1.95 bits per heavy atom. The number of nitrogens with one attached hydrogen (secondary N) is 1. The second kappa shape index (κ2) is 8.50. The van der Waals surface area contributed by atoms with Crippen LogP contribution in [0.3, 0.4) is 0 Å². The lowest BCUT2D eigenvalue weighted by atomic mass is 9.84. The van der Waals surface area contributed by atoms with E-state index in [0.717, 1.165) is 0 Å². The normalized spacial score (nSPS) is 13.9. The fourth-order valence-corrected chi connectivity index (χ4v) is 2.04. The molecular weight excluding hydrogens is 270 g/mol. The monoisotopic (exact) mass is 297 g/mol. The highest BCUT2D eigenvalue weighted by molar-refractivity contribution is 5.76. The number of hydrogen-bond acceptors (Lipinski definition) is 3. The van der Waals surface area contributed by atoms with Crippen LogP contribution in [-0.2, 0) is 4.79 Å². The van der Waals surface area contributed by atoms with Crippen molar-refractivity contribution in [2.45, 2.75) is 41.0 Å². The molecule has 0 saturated heterocycles. The largest absolute Gasteiger partial charge is 0.481 e. The van der Waals surface area contributed by atoms with Crippen LogP contribution >= 0.6 is 0 Å². The first-order chi connectivity index (χ1) is 9.60. The first-order valence-electron chi connectivity index (χ1n) is 7.26. The van der Waals surface area contributed by atoms with E-state index in [0.29, 0.717) is 19.5 Å². The Hall–Kier alpha value is -1.77. The molecule has 2 amide bonds. The van der Waals surface area contributed by atoms with Gasteiger partial charge >= 0.3 is 12.0 Å². The Balaban J connectivity index is 4.54. The van der Waals surface area contributed by atoms with E-state index in [4.69, 9.17) is 5.26 Å². The third-order valence-corrected chi connectivity index (χ3v) is 3.09.